The Morgan fingerprint density at radius 2 is 1.65 bits per heavy atom. The van der Waals surface area contributed by atoms with Crippen molar-refractivity contribution in [2.45, 2.75) is 42.9 Å². The summed E-state index contributed by atoms with van der Waals surface area (Å²) < 4.78 is 69.5. The Hall–Kier alpha value is -3.08. The van der Waals surface area contributed by atoms with Crippen molar-refractivity contribution in [2.75, 3.05) is 31.6 Å². The molecule has 0 aromatic heterocycles. The van der Waals surface area contributed by atoms with E-state index in [1.807, 2.05) is 12.1 Å². The van der Waals surface area contributed by atoms with Gasteiger partial charge in [0.2, 0.25) is 0 Å². The monoisotopic (exact) mass is 573 g/mol. The highest BCUT2D eigenvalue weighted by atomic mass is 32.2. The highest BCUT2D eigenvalue weighted by Gasteiger charge is 2.49. The molecule has 2 saturated heterocycles. The lowest BCUT2D eigenvalue weighted by atomic mass is 9.80. The molecule has 4 atom stereocenters. The number of methoxy groups -OCH3 is 1. The van der Waals surface area contributed by atoms with E-state index < -0.39 is 15.5 Å². The van der Waals surface area contributed by atoms with Crippen LogP contribution in [0.15, 0.2) is 78.9 Å². The minimum absolute atomic E-state index is 0.0770. The van der Waals surface area contributed by atoms with Crippen LogP contribution in [0.4, 0.5) is 18.9 Å². The molecule has 5 rings (SSSR count). The van der Waals surface area contributed by atoms with Gasteiger partial charge in [-0.1, -0.05) is 60.7 Å². The maximum absolute atomic E-state index is 13.2. The van der Waals surface area contributed by atoms with Gasteiger partial charge < -0.3 is 10.1 Å². The van der Waals surface area contributed by atoms with Gasteiger partial charge in [-0.3, -0.25) is 9.21 Å². The first-order chi connectivity index (χ1) is 19.1. The molecular weight excluding hydrogens is 539 g/mol. The van der Waals surface area contributed by atoms with Crippen molar-refractivity contribution in [1.82, 2.24) is 10.2 Å². The highest BCUT2D eigenvalue weighted by Crippen LogP contribution is 2.42. The summed E-state index contributed by atoms with van der Waals surface area (Å²) in [5.41, 5.74) is -2.41. The van der Waals surface area contributed by atoms with E-state index in [1.165, 1.54) is 36.4 Å². The summed E-state index contributed by atoms with van der Waals surface area (Å²) in [7, 11) is -3.12. The number of hydrogen-bond donors (Lipinski definition) is 1. The van der Waals surface area contributed by atoms with E-state index >= 15 is 0 Å². The lowest BCUT2D eigenvalue weighted by Gasteiger charge is -2.36. The van der Waals surface area contributed by atoms with Gasteiger partial charge in [0.1, 0.15) is 5.75 Å². The predicted octanol–water partition coefficient (Wildman–Crippen LogP) is 5.37. The van der Waals surface area contributed by atoms with E-state index in [0.29, 0.717) is 23.8 Å². The van der Waals surface area contributed by atoms with Gasteiger partial charge in [-0.05, 0) is 54.6 Å². The molecule has 3 aromatic rings. The molecular formula is C30H34F3N3O3S. The zero-order valence-electron chi connectivity index (χ0n) is 22.5. The van der Waals surface area contributed by atoms with Crippen molar-refractivity contribution in [3.63, 3.8) is 0 Å². The van der Waals surface area contributed by atoms with Crippen LogP contribution in [-0.4, -0.2) is 58.2 Å². The molecule has 2 aliphatic rings. The van der Waals surface area contributed by atoms with Gasteiger partial charge in [-0.2, -0.15) is 21.6 Å². The minimum Gasteiger partial charge on any atom is -0.496 e. The predicted molar refractivity (Wildman–Crippen MR) is 150 cm³/mol. The van der Waals surface area contributed by atoms with Gasteiger partial charge in [-0.25, -0.2) is 0 Å². The quantitative estimate of drug-likeness (QED) is 0.373. The lowest BCUT2D eigenvalue weighted by molar-refractivity contribution is -0.0437. The first kappa shape index (κ1) is 28.4. The summed E-state index contributed by atoms with van der Waals surface area (Å²) in [6.45, 7) is 2.30. The molecule has 2 fully saturated rings. The number of hydrogen-bond acceptors (Lipinski definition) is 5. The number of fused-ring (bicyclic) bond motifs is 2. The topological polar surface area (TPSA) is 61.9 Å². The Kier molecular flexibility index (Phi) is 8.13. The fourth-order valence-corrected chi connectivity index (χ4v) is 7.05. The van der Waals surface area contributed by atoms with E-state index in [-0.39, 0.29) is 28.0 Å². The summed E-state index contributed by atoms with van der Waals surface area (Å²) in [5, 5.41) is 3.74. The van der Waals surface area contributed by atoms with E-state index in [4.69, 9.17) is 4.74 Å². The van der Waals surface area contributed by atoms with Crippen molar-refractivity contribution in [3.05, 3.63) is 95.6 Å². The van der Waals surface area contributed by atoms with Crippen LogP contribution in [0.2, 0.25) is 0 Å². The largest absolute Gasteiger partial charge is 0.516 e. The van der Waals surface area contributed by atoms with Crippen LogP contribution in [0.25, 0.3) is 0 Å². The Labute approximate surface area is 233 Å². The van der Waals surface area contributed by atoms with Gasteiger partial charge in [0.05, 0.1) is 12.8 Å². The molecule has 6 nitrogen and oxygen atoms in total. The van der Waals surface area contributed by atoms with Crippen molar-refractivity contribution in [2.24, 2.45) is 5.92 Å². The summed E-state index contributed by atoms with van der Waals surface area (Å²) in [6, 6.07) is 25.5. The van der Waals surface area contributed by atoms with Crippen molar-refractivity contribution in [1.29, 1.82) is 0 Å². The number of alkyl halides is 3. The molecule has 3 aromatic carbocycles. The van der Waals surface area contributed by atoms with Crippen molar-refractivity contribution >= 4 is 15.7 Å². The Morgan fingerprint density at radius 1 is 1.02 bits per heavy atom. The van der Waals surface area contributed by atoms with E-state index in [0.717, 1.165) is 33.0 Å². The zero-order chi connectivity index (χ0) is 28.5. The van der Waals surface area contributed by atoms with Crippen LogP contribution < -0.4 is 14.4 Å². The van der Waals surface area contributed by atoms with Crippen LogP contribution in [0.3, 0.4) is 0 Å². The number of rotatable bonds is 9. The minimum atomic E-state index is -5.52. The first-order valence-corrected chi connectivity index (χ1v) is 14.8. The van der Waals surface area contributed by atoms with Crippen LogP contribution in [0, 0.1) is 5.92 Å². The third-order valence-corrected chi connectivity index (χ3v) is 9.77. The van der Waals surface area contributed by atoms with Crippen molar-refractivity contribution < 1.29 is 26.3 Å². The molecule has 0 spiro atoms. The zero-order valence-corrected chi connectivity index (χ0v) is 23.3. The molecule has 4 unspecified atom stereocenters. The average molecular weight is 574 g/mol. The summed E-state index contributed by atoms with van der Waals surface area (Å²) in [5.74, 6) is 1.02. The molecule has 2 bridgehead atoms. The standard InChI is InChI=1S/C30H34F3N3O3S/c1-35(40(37,38)30(31,32)33)25-15-16-26(39-2)24(18-25)19-34-28-23-14-9-17-36(20-23)29(28)27(21-10-5-3-6-11-21)22-12-7-4-8-13-22/h3-8,10-13,15-16,18,23,27-29,34H,9,14,17,19-20H2,1-2H3. The first-order valence-electron chi connectivity index (χ1n) is 13.4. The summed E-state index contributed by atoms with van der Waals surface area (Å²) in [4.78, 5) is 2.56. The fraction of sp³-hybridized carbons (Fsp3) is 0.400. The number of anilines is 1. The third-order valence-electron chi connectivity index (χ3n) is 8.25. The molecule has 1 N–H and O–H groups in total. The maximum Gasteiger partial charge on any atom is 0.516 e. The van der Waals surface area contributed by atoms with Gasteiger partial charge >= 0.3 is 15.5 Å². The summed E-state index contributed by atoms with van der Waals surface area (Å²) >= 11 is 0. The molecule has 0 aliphatic carbocycles. The van der Waals surface area contributed by atoms with E-state index in [2.05, 4.69) is 58.7 Å². The second-order valence-corrected chi connectivity index (χ2v) is 12.5. The molecule has 2 aliphatic heterocycles. The Bertz CT molecular complexity index is 1360. The van der Waals surface area contributed by atoms with Gasteiger partial charge in [0.15, 0.2) is 0 Å². The molecule has 40 heavy (non-hydrogen) atoms. The lowest BCUT2D eigenvalue weighted by Crippen LogP contribution is -2.47. The molecule has 0 radical (unpaired) electrons. The number of nitrogens with one attached hydrogen (secondary N) is 1. The van der Waals surface area contributed by atoms with Crippen LogP contribution in [0.5, 0.6) is 5.75 Å². The van der Waals surface area contributed by atoms with Gasteiger partial charge in [-0.15, -0.1) is 0 Å². The molecule has 0 saturated carbocycles. The number of sulfonamides is 1. The van der Waals surface area contributed by atoms with E-state index in [9.17, 15) is 21.6 Å². The average Bonchev–Trinajstić information content (AvgIpc) is 3.19. The SMILES string of the molecule is COc1ccc(N(C)S(=O)(=O)C(F)(F)F)cc1CNC1C2CCCN(C2)C1C(c1ccccc1)c1ccccc1. The number of piperidine rings is 1. The Morgan fingerprint density at radius 3 is 2.23 bits per heavy atom. The maximum atomic E-state index is 13.2. The third kappa shape index (κ3) is 5.44. The summed E-state index contributed by atoms with van der Waals surface area (Å²) in [6.07, 6.45) is 2.19. The molecule has 10 heteroatoms. The van der Waals surface area contributed by atoms with Crippen LogP contribution in [-0.2, 0) is 16.6 Å². The molecule has 0 amide bonds. The van der Waals surface area contributed by atoms with E-state index in [1.54, 1.807) is 0 Å². The number of ether oxygens (including phenoxy) is 1. The highest BCUT2D eigenvalue weighted by molar-refractivity contribution is 7.93. The number of benzene rings is 3. The fourth-order valence-electron chi connectivity index (χ4n) is 6.34. The second kappa shape index (κ2) is 11.4. The smallest absolute Gasteiger partial charge is 0.496 e. The number of nitrogens with zero attached hydrogens (tertiary/aromatic N) is 2. The van der Waals surface area contributed by atoms with Gasteiger partial charge in [0.25, 0.3) is 0 Å². The molecule has 2 heterocycles. The number of halogens is 3. The van der Waals surface area contributed by atoms with Gasteiger partial charge in [0, 0.05) is 43.7 Å². The van der Waals surface area contributed by atoms with Crippen LogP contribution >= 0.6 is 0 Å². The molecule has 214 valence electrons. The second-order valence-electron chi connectivity index (χ2n) is 10.5. The van der Waals surface area contributed by atoms with Crippen molar-refractivity contribution in [3.8, 4) is 5.75 Å². The Balaban J connectivity index is 1.47. The van der Waals surface area contributed by atoms with Crippen LogP contribution in [0.1, 0.15) is 35.4 Å². The normalized spacial score (nSPS) is 22.9.